The molecule has 0 unspecified atom stereocenters. The topological polar surface area (TPSA) is 26.0 Å². The molecular formula is C14H12F3N. The summed E-state index contributed by atoms with van der Waals surface area (Å²) in [5.74, 6) is 0. The zero-order valence-electron chi connectivity index (χ0n) is 9.75. The number of hydrogen-bond donors (Lipinski definition) is 1. The van der Waals surface area contributed by atoms with Gasteiger partial charge in [0.05, 0.1) is 5.56 Å². The van der Waals surface area contributed by atoms with Gasteiger partial charge in [0.1, 0.15) is 0 Å². The van der Waals surface area contributed by atoms with E-state index in [9.17, 15) is 13.2 Å². The third kappa shape index (κ3) is 2.47. The number of aryl methyl sites for hydroxylation is 1. The number of nitrogen functional groups attached to an aromatic ring is 1. The molecule has 0 amide bonds. The molecule has 1 nitrogen and oxygen atoms in total. The SMILES string of the molecule is Cc1ccc(-c2ccc(N)c(C(F)(F)F)c2)cc1. The Hall–Kier alpha value is -1.97. The zero-order valence-corrected chi connectivity index (χ0v) is 9.75. The standard InChI is InChI=1S/C14H12F3N/c1-9-2-4-10(5-3-9)11-6-7-13(18)12(8-11)14(15,16)17/h2-8H,18H2,1H3. The van der Waals surface area contributed by atoms with Crippen LogP contribution in [0.4, 0.5) is 18.9 Å². The smallest absolute Gasteiger partial charge is 0.398 e. The van der Waals surface area contributed by atoms with Gasteiger partial charge in [0, 0.05) is 5.69 Å². The first-order valence-corrected chi connectivity index (χ1v) is 5.42. The summed E-state index contributed by atoms with van der Waals surface area (Å²) in [6, 6.07) is 11.3. The third-order valence-corrected chi connectivity index (χ3v) is 2.74. The lowest BCUT2D eigenvalue weighted by atomic mass is 10.0. The molecule has 2 rings (SSSR count). The molecule has 0 saturated carbocycles. The quantitative estimate of drug-likeness (QED) is 0.753. The molecule has 18 heavy (non-hydrogen) atoms. The van der Waals surface area contributed by atoms with Crippen LogP contribution in [0, 0.1) is 6.92 Å². The van der Waals surface area contributed by atoms with E-state index in [4.69, 9.17) is 5.73 Å². The predicted octanol–water partition coefficient (Wildman–Crippen LogP) is 4.26. The summed E-state index contributed by atoms with van der Waals surface area (Å²) in [6.07, 6.45) is -4.43. The van der Waals surface area contributed by atoms with Gasteiger partial charge in [0.2, 0.25) is 0 Å². The fourth-order valence-electron chi connectivity index (χ4n) is 1.73. The molecule has 0 heterocycles. The average Bonchev–Trinajstić information content (AvgIpc) is 2.29. The van der Waals surface area contributed by atoms with Gasteiger partial charge in [-0.05, 0) is 30.2 Å². The van der Waals surface area contributed by atoms with Gasteiger partial charge in [-0.25, -0.2) is 0 Å². The Balaban J connectivity index is 2.50. The van der Waals surface area contributed by atoms with Crippen molar-refractivity contribution in [3.63, 3.8) is 0 Å². The van der Waals surface area contributed by atoms with Crippen LogP contribution in [0.5, 0.6) is 0 Å². The van der Waals surface area contributed by atoms with E-state index in [0.717, 1.165) is 17.2 Å². The van der Waals surface area contributed by atoms with Gasteiger partial charge in [-0.15, -0.1) is 0 Å². The molecule has 0 spiro atoms. The third-order valence-electron chi connectivity index (χ3n) is 2.74. The van der Waals surface area contributed by atoms with Gasteiger partial charge in [-0.1, -0.05) is 35.9 Å². The van der Waals surface area contributed by atoms with Crippen LogP contribution < -0.4 is 5.73 Å². The van der Waals surface area contributed by atoms with Gasteiger partial charge < -0.3 is 5.73 Å². The summed E-state index contributed by atoms with van der Waals surface area (Å²) in [5.41, 5.74) is 6.63. The second kappa shape index (κ2) is 4.37. The molecular weight excluding hydrogens is 239 g/mol. The van der Waals surface area contributed by atoms with E-state index in [1.165, 1.54) is 6.07 Å². The van der Waals surface area contributed by atoms with Crippen LogP contribution in [0.2, 0.25) is 0 Å². The van der Waals surface area contributed by atoms with Crippen LogP contribution in [0.3, 0.4) is 0 Å². The van der Waals surface area contributed by atoms with Crippen molar-refractivity contribution < 1.29 is 13.2 Å². The molecule has 4 heteroatoms. The number of anilines is 1. The predicted molar refractivity (Wildman–Crippen MR) is 66.0 cm³/mol. The Morgan fingerprint density at radius 1 is 0.889 bits per heavy atom. The zero-order chi connectivity index (χ0) is 13.3. The highest BCUT2D eigenvalue weighted by Gasteiger charge is 2.33. The van der Waals surface area contributed by atoms with E-state index in [1.54, 1.807) is 18.2 Å². The summed E-state index contributed by atoms with van der Waals surface area (Å²) in [4.78, 5) is 0. The van der Waals surface area contributed by atoms with Crippen molar-refractivity contribution >= 4 is 5.69 Å². The highest BCUT2D eigenvalue weighted by Crippen LogP contribution is 2.36. The summed E-state index contributed by atoms with van der Waals surface area (Å²) in [7, 11) is 0. The first-order chi connectivity index (χ1) is 8.38. The fourth-order valence-corrected chi connectivity index (χ4v) is 1.73. The van der Waals surface area contributed by atoms with Crippen molar-refractivity contribution in [2.24, 2.45) is 0 Å². The lowest BCUT2D eigenvalue weighted by molar-refractivity contribution is -0.136. The van der Waals surface area contributed by atoms with Gasteiger partial charge in [-0.3, -0.25) is 0 Å². The largest absolute Gasteiger partial charge is 0.418 e. The lowest BCUT2D eigenvalue weighted by Gasteiger charge is -2.12. The number of nitrogens with two attached hydrogens (primary N) is 1. The van der Waals surface area contributed by atoms with Crippen molar-refractivity contribution in [1.82, 2.24) is 0 Å². The number of hydrogen-bond acceptors (Lipinski definition) is 1. The summed E-state index contributed by atoms with van der Waals surface area (Å²) < 4.78 is 38.2. The molecule has 0 aliphatic rings. The maximum absolute atomic E-state index is 12.7. The monoisotopic (exact) mass is 251 g/mol. The van der Waals surface area contributed by atoms with Crippen LogP contribution in [-0.4, -0.2) is 0 Å². The van der Waals surface area contributed by atoms with Crippen LogP contribution in [0.25, 0.3) is 11.1 Å². The van der Waals surface area contributed by atoms with E-state index in [-0.39, 0.29) is 5.69 Å². The molecule has 94 valence electrons. The highest BCUT2D eigenvalue weighted by molar-refractivity contribution is 5.68. The molecule has 2 aromatic rings. The molecule has 2 aromatic carbocycles. The van der Waals surface area contributed by atoms with Crippen molar-refractivity contribution in [2.75, 3.05) is 5.73 Å². The van der Waals surface area contributed by atoms with Gasteiger partial charge >= 0.3 is 6.18 Å². The normalized spacial score (nSPS) is 11.6. The first-order valence-electron chi connectivity index (χ1n) is 5.42. The molecule has 0 atom stereocenters. The molecule has 0 saturated heterocycles. The first kappa shape index (κ1) is 12.5. The summed E-state index contributed by atoms with van der Waals surface area (Å²) >= 11 is 0. The molecule has 0 aromatic heterocycles. The maximum Gasteiger partial charge on any atom is 0.418 e. The second-order valence-electron chi connectivity index (χ2n) is 4.17. The van der Waals surface area contributed by atoms with Crippen LogP contribution in [0.15, 0.2) is 42.5 Å². The Morgan fingerprint density at radius 3 is 2.00 bits per heavy atom. The van der Waals surface area contributed by atoms with Crippen molar-refractivity contribution in [3.8, 4) is 11.1 Å². The molecule has 2 N–H and O–H groups in total. The maximum atomic E-state index is 12.7. The van der Waals surface area contributed by atoms with Gasteiger partial charge in [-0.2, -0.15) is 13.2 Å². The Morgan fingerprint density at radius 2 is 1.44 bits per heavy atom. The van der Waals surface area contributed by atoms with Crippen LogP contribution in [-0.2, 0) is 6.18 Å². The van der Waals surface area contributed by atoms with E-state index < -0.39 is 11.7 Å². The fraction of sp³-hybridized carbons (Fsp3) is 0.143. The molecule has 0 bridgehead atoms. The van der Waals surface area contributed by atoms with Gasteiger partial charge in [0.15, 0.2) is 0 Å². The minimum atomic E-state index is -4.43. The molecule has 0 fully saturated rings. The highest BCUT2D eigenvalue weighted by atomic mass is 19.4. The van der Waals surface area contributed by atoms with Crippen molar-refractivity contribution in [1.29, 1.82) is 0 Å². The molecule has 0 radical (unpaired) electrons. The molecule has 0 aliphatic carbocycles. The number of rotatable bonds is 1. The number of benzene rings is 2. The lowest BCUT2D eigenvalue weighted by Crippen LogP contribution is -2.08. The number of halogens is 3. The van der Waals surface area contributed by atoms with Gasteiger partial charge in [0.25, 0.3) is 0 Å². The Kier molecular flexibility index (Phi) is 3.03. The molecule has 0 aliphatic heterocycles. The van der Waals surface area contributed by atoms with Crippen LogP contribution in [0.1, 0.15) is 11.1 Å². The van der Waals surface area contributed by atoms with E-state index in [2.05, 4.69) is 0 Å². The summed E-state index contributed by atoms with van der Waals surface area (Å²) in [5, 5.41) is 0. The Labute approximate surface area is 103 Å². The minimum absolute atomic E-state index is 0.252. The number of alkyl halides is 3. The van der Waals surface area contributed by atoms with E-state index in [0.29, 0.717) is 5.56 Å². The average molecular weight is 251 g/mol. The minimum Gasteiger partial charge on any atom is -0.398 e. The van der Waals surface area contributed by atoms with Crippen molar-refractivity contribution in [3.05, 3.63) is 53.6 Å². The van der Waals surface area contributed by atoms with Crippen molar-refractivity contribution in [2.45, 2.75) is 13.1 Å². The second-order valence-corrected chi connectivity index (χ2v) is 4.17. The Bertz CT molecular complexity index is 556. The van der Waals surface area contributed by atoms with Crippen LogP contribution >= 0.6 is 0 Å². The van der Waals surface area contributed by atoms with E-state index >= 15 is 0 Å². The van der Waals surface area contributed by atoms with E-state index in [1.807, 2.05) is 19.1 Å². The summed E-state index contributed by atoms with van der Waals surface area (Å²) in [6.45, 7) is 1.92.